The van der Waals surface area contributed by atoms with Gasteiger partial charge in [-0.3, -0.25) is 14.9 Å². The van der Waals surface area contributed by atoms with Crippen LogP contribution in [0.4, 0.5) is 21.5 Å². The van der Waals surface area contributed by atoms with Crippen molar-refractivity contribution in [2.45, 2.75) is 96.1 Å². The number of anilines is 3. The summed E-state index contributed by atoms with van der Waals surface area (Å²) in [6, 6.07) is 19.6. The van der Waals surface area contributed by atoms with E-state index in [-0.39, 0.29) is 51.5 Å². The molecule has 3 aromatic carbocycles. The number of fused-ring (bicyclic) bond motifs is 1. The number of imide groups is 1. The molecule has 314 valence electrons. The normalized spacial score (nSPS) is 22.7. The number of nitriles is 1. The lowest BCUT2D eigenvalue weighted by atomic mass is 9.64. The molecule has 3 heterocycles. The molecule has 11 nitrogen and oxygen atoms in total. The van der Waals surface area contributed by atoms with Crippen molar-refractivity contribution < 1.29 is 28.1 Å². The first-order chi connectivity index (χ1) is 30.0. The predicted octanol–water partition coefficient (Wildman–Crippen LogP) is 7.21. The third-order valence-electron chi connectivity index (χ3n) is 13.9. The van der Waals surface area contributed by atoms with Crippen LogP contribution in [0.1, 0.15) is 86.4 Å². The minimum Gasteiger partial charge on any atom is -0.380 e. The molecule has 2 N–H and O–H groups in total. The maximum Gasteiger partial charge on any atom is 0.249 e. The first kappa shape index (κ1) is 40.6. The Kier molecular flexibility index (Phi) is 10.4. The molecule has 2 aromatic heterocycles. The summed E-state index contributed by atoms with van der Waals surface area (Å²) in [6.45, 7) is 6.75. The fraction of sp³-hybridized carbons (Fsp3) is 0.360. The number of hydrogen-bond acceptors (Lipinski definition) is 9. The van der Waals surface area contributed by atoms with Crippen molar-refractivity contribution in [3.8, 4) is 17.2 Å². The highest BCUT2D eigenvalue weighted by molar-refractivity contribution is 6.00. The lowest BCUT2D eigenvalue weighted by molar-refractivity contribution is -0.135. The van der Waals surface area contributed by atoms with Crippen molar-refractivity contribution in [2.24, 2.45) is 11.3 Å². The standard InChI is InChI=1S/C50H47FN6O5/c1-30-7-10-34(47-31(2)55-62-32(47)3)23-43(30)56(37-15-11-35(12-16-37)50(19-5-4-6-20-50)49(29-52)21-22-49)26-33-8-13-36(14-9-33)53-41-25-39-38(24-40(41)51)44(27-58)57(45(39)28-59)42-17-18-46(60)54-48(42)61/h4-7,10-12,15-16,19,23-25,33,36,42,53H,8-9,13-14,17-18,20-22,26H2,1-3H3,(H,54,60,61). The molecular formula is C50H47FN6O5. The second kappa shape index (κ2) is 15.9. The molecule has 9 rings (SSSR count). The molecule has 0 bridgehead atoms. The van der Waals surface area contributed by atoms with Gasteiger partial charge in [0.1, 0.15) is 28.3 Å². The molecule has 4 aliphatic rings. The minimum atomic E-state index is -1.01. The van der Waals surface area contributed by atoms with E-state index in [0.717, 1.165) is 96.6 Å². The van der Waals surface area contributed by atoms with Gasteiger partial charge >= 0.3 is 0 Å². The molecule has 2 atom stereocenters. The van der Waals surface area contributed by atoms with E-state index >= 15 is 4.39 Å². The number of rotatable bonds is 10. The number of carbonyl (C=O) groups excluding carboxylic acids is 4. The third-order valence-corrected chi connectivity index (χ3v) is 13.9. The number of benzene rings is 3. The van der Waals surface area contributed by atoms with E-state index in [2.05, 4.69) is 100 Å². The van der Waals surface area contributed by atoms with E-state index in [1.807, 2.05) is 19.8 Å². The summed E-state index contributed by atoms with van der Waals surface area (Å²) in [6.07, 6.45) is 14.5. The first-order valence-corrected chi connectivity index (χ1v) is 21.4. The Morgan fingerprint density at radius 3 is 2.29 bits per heavy atom. The van der Waals surface area contributed by atoms with Crippen LogP contribution in [0, 0.1) is 49.3 Å². The largest absolute Gasteiger partial charge is 0.380 e. The number of piperidine rings is 1. The summed E-state index contributed by atoms with van der Waals surface area (Å²) in [7, 11) is 0. The highest BCUT2D eigenvalue weighted by Crippen LogP contribution is 2.62. The predicted molar refractivity (Wildman–Crippen MR) is 233 cm³/mol. The van der Waals surface area contributed by atoms with E-state index in [9.17, 15) is 24.4 Å². The summed E-state index contributed by atoms with van der Waals surface area (Å²) >= 11 is 0. The Morgan fingerprint density at radius 2 is 1.68 bits per heavy atom. The number of aromatic nitrogens is 2. The topological polar surface area (TPSA) is 150 Å². The van der Waals surface area contributed by atoms with Crippen LogP contribution >= 0.6 is 0 Å². The summed E-state index contributed by atoms with van der Waals surface area (Å²) in [5, 5.41) is 20.4. The van der Waals surface area contributed by atoms with E-state index in [1.165, 1.54) is 16.7 Å². The average Bonchev–Trinajstić information content (AvgIpc) is 3.95. The maximum absolute atomic E-state index is 15.8. The van der Waals surface area contributed by atoms with Crippen LogP contribution in [0.3, 0.4) is 0 Å². The van der Waals surface area contributed by atoms with Crippen LogP contribution in [0.2, 0.25) is 0 Å². The minimum absolute atomic E-state index is 0.0319. The summed E-state index contributed by atoms with van der Waals surface area (Å²) < 4.78 is 22.6. The number of nitrogens with one attached hydrogen (secondary N) is 2. The van der Waals surface area contributed by atoms with Gasteiger partial charge in [-0.25, -0.2) is 14.0 Å². The smallest absolute Gasteiger partial charge is 0.249 e. The van der Waals surface area contributed by atoms with Gasteiger partial charge in [0.15, 0.2) is 11.9 Å². The molecule has 12 heteroatoms. The zero-order valence-corrected chi connectivity index (χ0v) is 35.0. The molecule has 0 radical (unpaired) electrons. The summed E-state index contributed by atoms with van der Waals surface area (Å²) in [5.41, 5.74) is 6.66. The first-order valence-electron chi connectivity index (χ1n) is 21.4. The number of aryl methyl sites for hydroxylation is 3. The molecule has 62 heavy (non-hydrogen) atoms. The molecule has 2 unspecified atom stereocenters. The Morgan fingerprint density at radius 1 is 0.952 bits per heavy atom. The Hall–Kier alpha value is -6.79. The number of carbonyl (C=O) groups is 2. The number of halogens is 1. The van der Waals surface area contributed by atoms with Crippen LogP contribution in [-0.2, 0) is 24.6 Å². The van der Waals surface area contributed by atoms with Crippen molar-refractivity contribution >= 4 is 51.5 Å². The Bertz CT molecular complexity index is 2900. The highest BCUT2D eigenvalue weighted by atomic mass is 19.1. The average molecular weight is 831 g/mol. The van der Waals surface area contributed by atoms with Crippen molar-refractivity contribution in [1.82, 2.24) is 15.0 Å². The zero-order chi connectivity index (χ0) is 43.3. The summed E-state index contributed by atoms with van der Waals surface area (Å²) in [5.74, 6) is 3.05. The van der Waals surface area contributed by atoms with Gasteiger partial charge in [0, 0.05) is 52.1 Å². The maximum atomic E-state index is 15.8. The molecule has 5 aromatic rings. The molecule has 1 saturated heterocycles. The number of amides is 2. The Labute approximate surface area is 358 Å². The van der Waals surface area contributed by atoms with Gasteiger partial charge < -0.3 is 19.3 Å². The van der Waals surface area contributed by atoms with Crippen LogP contribution in [-0.4, -0.2) is 46.0 Å². The number of hydrogen-bond donors (Lipinski definition) is 2. The zero-order valence-electron chi connectivity index (χ0n) is 35.0. The molecule has 1 aliphatic heterocycles. The number of nitrogens with zero attached hydrogens (tertiary/aromatic N) is 4. The molecular weight excluding hydrogens is 784 g/mol. The quantitative estimate of drug-likeness (QED) is 0.139. The van der Waals surface area contributed by atoms with Crippen LogP contribution in [0.25, 0.3) is 21.9 Å². The molecule has 3 aliphatic carbocycles. The lowest BCUT2D eigenvalue weighted by Gasteiger charge is -2.38. The van der Waals surface area contributed by atoms with Crippen LogP contribution in [0.5, 0.6) is 0 Å². The SMILES string of the molecule is Cc1ccc(-c2c(C)noc2C)cc1N(CC1CCC(Nc2cc3c(=C=O)n(C4CCC(=O)NC4=O)c(=C=O)c3cc2F)CC1)c1ccc(C2(C3(C#N)CC3)C=CC=CC2)cc1. The second-order valence-corrected chi connectivity index (χ2v) is 17.5. The van der Waals surface area contributed by atoms with Crippen molar-refractivity contribution in [3.05, 3.63) is 118 Å². The highest BCUT2D eigenvalue weighted by Gasteiger charge is 2.59. The molecule has 0 spiro atoms. The Balaban J connectivity index is 0.988. The number of allylic oxidation sites excluding steroid dienone is 4. The lowest BCUT2D eigenvalue weighted by Crippen LogP contribution is -2.47. The molecule has 3 fully saturated rings. The van der Waals surface area contributed by atoms with Gasteiger partial charge in [-0.05, 0) is 125 Å². The van der Waals surface area contributed by atoms with E-state index in [0.29, 0.717) is 5.92 Å². The fourth-order valence-corrected chi connectivity index (χ4v) is 10.3. The monoisotopic (exact) mass is 830 g/mol. The fourth-order valence-electron chi connectivity index (χ4n) is 10.3. The van der Waals surface area contributed by atoms with Gasteiger partial charge in [-0.15, -0.1) is 0 Å². The second-order valence-electron chi connectivity index (χ2n) is 17.5. The van der Waals surface area contributed by atoms with Crippen molar-refractivity contribution in [3.63, 3.8) is 0 Å². The van der Waals surface area contributed by atoms with Crippen LogP contribution in [0.15, 0.2) is 83.4 Å². The van der Waals surface area contributed by atoms with E-state index in [4.69, 9.17) is 4.52 Å². The van der Waals surface area contributed by atoms with Crippen molar-refractivity contribution in [1.29, 1.82) is 5.26 Å². The third kappa shape index (κ3) is 6.88. The summed E-state index contributed by atoms with van der Waals surface area (Å²) in [4.78, 5) is 51.6. The van der Waals surface area contributed by atoms with Gasteiger partial charge in [-0.1, -0.05) is 53.7 Å². The van der Waals surface area contributed by atoms with Gasteiger partial charge in [0.05, 0.1) is 22.9 Å². The van der Waals surface area contributed by atoms with Gasteiger partial charge in [0.25, 0.3) is 0 Å². The molecule has 2 saturated carbocycles. The van der Waals surface area contributed by atoms with E-state index in [1.54, 1.807) is 5.94 Å². The van der Waals surface area contributed by atoms with Gasteiger partial charge in [-0.2, -0.15) is 5.26 Å². The van der Waals surface area contributed by atoms with Crippen LogP contribution < -0.4 is 26.2 Å². The molecule has 2 amide bonds. The van der Waals surface area contributed by atoms with E-state index < -0.39 is 29.1 Å². The van der Waals surface area contributed by atoms with Crippen molar-refractivity contribution in [2.75, 3.05) is 16.8 Å². The van der Waals surface area contributed by atoms with Gasteiger partial charge in [0.2, 0.25) is 11.8 Å².